The summed E-state index contributed by atoms with van der Waals surface area (Å²) in [4.78, 5) is 39.2. The zero-order chi connectivity index (χ0) is 24.1. The number of amides is 3. The maximum absolute atomic E-state index is 13.4. The fourth-order valence-corrected chi connectivity index (χ4v) is 3.61. The fourth-order valence-electron chi connectivity index (χ4n) is 3.61. The van der Waals surface area contributed by atoms with Gasteiger partial charge in [-0.1, -0.05) is 25.1 Å². The van der Waals surface area contributed by atoms with Crippen molar-refractivity contribution in [3.05, 3.63) is 83.9 Å². The Balaban J connectivity index is 1.69. The molecule has 0 bridgehead atoms. The van der Waals surface area contributed by atoms with Crippen LogP contribution in [-0.2, 0) is 20.9 Å². The highest BCUT2D eigenvalue weighted by molar-refractivity contribution is 6.36. The maximum atomic E-state index is 13.4. The molecule has 1 aliphatic heterocycles. The molecule has 3 amide bonds. The number of rotatable bonds is 9. The first-order valence-corrected chi connectivity index (χ1v) is 11.0. The zero-order valence-electron chi connectivity index (χ0n) is 19.0. The van der Waals surface area contributed by atoms with Crippen LogP contribution in [0.25, 0.3) is 5.57 Å². The summed E-state index contributed by atoms with van der Waals surface area (Å²) in [6.45, 7) is 4.03. The van der Waals surface area contributed by atoms with Crippen LogP contribution < -0.4 is 15.4 Å². The highest BCUT2D eigenvalue weighted by Gasteiger charge is 2.39. The topological polar surface area (TPSA) is 101 Å². The molecule has 4 rings (SSSR count). The molecule has 3 aromatic rings. The van der Waals surface area contributed by atoms with Crippen LogP contribution in [-0.4, -0.2) is 29.2 Å². The number of hydrogen-bond acceptors (Lipinski definition) is 6. The minimum absolute atomic E-state index is 0.0168. The Labute approximate surface area is 197 Å². The SMILES string of the molecule is CCCOc1cccc(NC2=C(c3ccc(NC(C)=O)cc3)C(=O)N(Cc3ccco3)C2=O)c1. The maximum Gasteiger partial charge on any atom is 0.278 e. The van der Waals surface area contributed by atoms with E-state index in [2.05, 4.69) is 10.6 Å². The van der Waals surface area contributed by atoms with E-state index in [-0.39, 0.29) is 23.7 Å². The molecule has 0 fully saturated rings. The van der Waals surface area contributed by atoms with E-state index in [1.807, 2.05) is 19.1 Å². The van der Waals surface area contributed by atoms with Crippen molar-refractivity contribution >= 4 is 34.7 Å². The normalized spacial score (nSPS) is 13.4. The van der Waals surface area contributed by atoms with Gasteiger partial charge in [0.05, 0.1) is 25.0 Å². The van der Waals surface area contributed by atoms with Gasteiger partial charge < -0.3 is 19.8 Å². The first-order valence-electron chi connectivity index (χ1n) is 11.0. The molecule has 1 aliphatic rings. The molecule has 0 radical (unpaired) electrons. The van der Waals surface area contributed by atoms with Gasteiger partial charge in [0.2, 0.25) is 5.91 Å². The summed E-state index contributed by atoms with van der Waals surface area (Å²) < 4.78 is 11.0. The lowest BCUT2D eigenvalue weighted by atomic mass is 10.0. The third kappa shape index (κ3) is 5.01. The smallest absolute Gasteiger partial charge is 0.278 e. The molecule has 0 saturated heterocycles. The average molecular weight is 460 g/mol. The van der Waals surface area contributed by atoms with Crippen LogP contribution in [0, 0.1) is 0 Å². The lowest BCUT2D eigenvalue weighted by Gasteiger charge is -2.14. The standard InChI is InChI=1S/C26H25N3O5/c1-3-13-33-21-7-4-6-20(15-21)28-24-23(18-9-11-19(12-10-18)27-17(2)30)25(31)29(26(24)32)16-22-8-5-14-34-22/h4-12,14-15,28H,3,13,16H2,1-2H3,(H,27,30). The van der Waals surface area contributed by atoms with Gasteiger partial charge in [-0.25, -0.2) is 0 Å². The van der Waals surface area contributed by atoms with Gasteiger partial charge >= 0.3 is 0 Å². The van der Waals surface area contributed by atoms with E-state index in [4.69, 9.17) is 9.15 Å². The Hall–Kier alpha value is -4.33. The third-order valence-corrected chi connectivity index (χ3v) is 5.13. The van der Waals surface area contributed by atoms with Crippen molar-refractivity contribution in [2.24, 2.45) is 0 Å². The molecule has 0 unspecified atom stereocenters. The summed E-state index contributed by atoms with van der Waals surface area (Å²) in [5.74, 6) is 0.0733. The van der Waals surface area contributed by atoms with E-state index in [0.29, 0.717) is 35.1 Å². The van der Waals surface area contributed by atoms with Crippen molar-refractivity contribution < 1.29 is 23.5 Å². The van der Waals surface area contributed by atoms with Crippen molar-refractivity contribution in [2.45, 2.75) is 26.8 Å². The summed E-state index contributed by atoms with van der Waals surface area (Å²) in [7, 11) is 0. The van der Waals surface area contributed by atoms with Gasteiger partial charge in [-0.15, -0.1) is 0 Å². The van der Waals surface area contributed by atoms with Crippen LogP contribution in [0.4, 0.5) is 11.4 Å². The summed E-state index contributed by atoms with van der Waals surface area (Å²) in [6.07, 6.45) is 2.37. The Morgan fingerprint density at radius 1 is 1.00 bits per heavy atom. The second-order valence-corrected chi connectivity index (χ2v) is 7.79. The van der Waals surface area contributed by atoms with E-state index in [9.17, 15) is 14.4 Å². The van der Waals surface area contributed by atoms with Crippen LogP contribution in [0.3, 0.4) is 0 Å². The van der Waals surface area contributed by atoms with Gasteiger partial charge in [0.1, 0.15) is 17.2 Å². The highest BCUT2D eigenvalue weighted by atomic mass is 16.5. The Kier molecular flexibility index (Phi) is 6.77. The number of furan rings is 1. The molecule has 8 heteroatoms. The Bertz CT molecular complexity index is 1230. The largest absolute Gasteiger partial charge is 0.494 e. The van der Waals surface area contributed by atoms with E-state index < -0.39 is 11.8 Å². The number of nitrogens with one attached hydrogen (secondary N) is 2. The lowest BCUT2D eigenvalue weighted by molar-refractivity contribution is -0.137. The van der Waals surface area contributed by atoms with E-state index in [0.717, 1.165) is 11.3 Å². The number of carbonyl (C=O) groups excluding carboxylic acids is 3. The quantitative estimate of drug-likeness (QED) is 0.460. The van der Waals surface area contributed by atoms with Crippen molar-refractivity contribution in [3.8, 4) is 5.75 Å². The number of nitrogens with zero attached hydrogens (tertiary/aromatic N) is 1. The molecule has 1 aromatic heterocycles. The van der Waals surface area contributed by atoms with Gasteiger partial charge in [-0.05, 0) is 48.4 Å². The molecule has 0 spiro atoms. The number of hydrogen-bond donors (Lipinski definition) is 2. The van der Waals surface area contributed by atoms with Gasteiger partial charge in [-0.3, -0.25) is 19.3 Å². The number of carbonyl (C=O) groups is 3. The second kappa shape index (κ2) is 10.1. The van der Waals surface area contributed by atoms with Crippen LogP contribution in [0.1, 0.15) is 31.6 Å². The molecule has 2 heterocycles. The second-order valence-electron chi connectivity index (χ2n) is 7.79. The Morgan fingerprint density at radius 3 is 2.47 bits per heavy atom. The molecule has 8 nitrogen and oxygen atoms in total. The number of benzene rings is 2. The summed E-state index contributed by atoms with van der Waals surface area (Å²) in [5.41, 5.74) is 2.17. The summed E-state index contributed by atoms with van der Waals surface area (Å²) >= 11 is 0. The monoisotopic (exact) mass is 459 g/mol. The predicted molar refractivity (Wildman–Crippen MR) is 128 cm³/mol. The molecular formula is C26H25N3O5. The minimum Gasteiger partial charge on any atom is -0.494 e. The minimum atomic E-state index is -0.456. The molecule has 2 aromatic carbocycles. The molecule has 174 valence electrons. The van der Waals surface area contributed by atoms with Crippen molar-refractivity contribution in [3.63, 3.8) is 0 Å². The van der Waals surface area contributed by atoms with E-state index in [1.165, 1.54) is 13.2 Å². The van der Waals surface area contributed by atoms with Gasteiger partial charge in [-0.2, -0.15) is 0 Å². The molecule has 34 heavy (non-hydrogen) atoms. The fraction of sp³-hybridized carbons (Fsp3) is 0.192. The van der Waals surface area contributed by atoms with Crippen molar-refractivity contribution in [2.75, 3.05) is 17.2 Å². The molecule has 2 N–H and O–H groups in total. The first-order chi connectivity index (χ1) is 16.5. The van der Waals surface area contributed by atoms with Crippen LogP contribution in [0.15, 0.2) is 77.0 Å². The van der Waals surface area contributed by atoms with Crippen LogP contribution in [0.2, 0.25) is 0 Å². The van der Waals surface area contributed by atoms with Crippen LogP contribution in [0.5, 0.6) is 5.75 Å². The van der Waals surface area contributed by atoms with Gasteiger partial charge in [0.15, 0.2) is 0 Å². The van der Waals surface area contributed by atoms with E-state index >= 15 is 0 Å². The lowest BCUT2D eigenvalue weighted by Crippen LogP contribution is -2.31. The third-order valence-electron chi connectivity index (χ3n) is 5.13. The number of ether oxygens (including phenoxy) is 1. The van der Waals surface area contributed by atoms with Gasteiger partial charge in [0, 0.05) is 24.4 Å². The first kappa shape index (κ1) is 22.8. The Morgan fingerprint density at radius 2 is 1.79 bits per heavy atom. The number of anilines is 2. The van der Waals surface area contributed by atoms with Crippen LogP contribution >= 0.6 is 0 Å². The summed E-state index contributed by atoms with van der Waals surface area (Å²) in [5, 5.41) is 5.83. The predicted octanol–water partition coefficient (Wildman–Crippen LogP) is 4.42. The van der Waals surface area contributed by atoms with Crippen molar-refractivity contribution in [1.29, 1.82) is 0 Å². The molecule has 0 atom stereocenters. The van der Waals surface area contributed by atoms with Gasteiger partial charge in [0.25, 0.3) is 11.8 Å². The van der Waals surface area contributed by atoms with E-state index in [1.54, 1.807) is 48.5 Å². The number of imide groups is 1. The highest BCUT2D eigenvalue weighted by Crippen LogP contribution is 2.32. The average Bonchev–Trinajstić information content (AvgIpc) is 3.41. The molecular weight excluding hydrogens is 434 g/mol. The summed E-state index contributed by atoms with van der Waals surface area (Å²) in [6, 6.07) is 17.4. The molecule has 0 saturated carbocycles. The molecule has 0 aliphatic carbocycles. The zero-order valence-corrected chi connectivity index (χ0v) is 19.0. The van der Waals surface area contributed by atoms with Crippen molar-refractivity contribution in [1.82, 2.24) is 4.90 Å².